The molecule has 0 saturated carbocycles. The van der Waals surface area contributed by atoms with E-state index in [1.807, 2.05) is 0 Å². The van der Waals surface area contributed by atoms with Crippen LogP contribution in [0.1, 0.15) is 0 Å². The van der Waals surface area contributed by atoms with E-state index in [1.165, 1.54) is 6.08 Å². The van der Waals surface area contributed by atoms with Crippen molar-refractivity contribution in [2.75, 3.05) is 0 Å². The summed E-state index contributed by atoms with van der Waals surface area (Å²) in [5.74, 6) is 0.0330. The summed E-state index contributed by atoms with van der Waals surface area (Å²) in [6.45, 7) is 6.74. The van der Waals surface area contributed by atoms with E-state index in [0.29, 0.717) is 4.48 Å². The molecule has 0 heterocycles. The number of halogens is 1. The molecule has 0 atom stereocenters. The Bertz CT molecular complexity index is 119. The molecular formula is C6H7BrO. The number of rotatable bonds is 2. The van der Waals surface area contributed by atoms with Gasteiger partial charge in [0, 0.05) is 4.48 Å². The lowest BCUT2D eigenvalue weighted by Gasteiger charge is -1.82. The highest BCUT2D eigenvalue weighted by molar-refractivity contribution is 9.11. The molecule has 0 radical (unpaired) electrons. The van der Waals surface area contributed by atoms with Crippen LogP contribution in [-0.4, -0.2) is 5.11 Å². The summed E-state index contributed by atoms with van der Waals surface area (Å²) in [4.78, 5) is 0. The number of hydrogen-bond acceptors (Lipinski definition) is 1. The van der Waals surface area contributed by atoms with Crippen LogP contribution in [-0.2, 0) is 0 Å². The summed E-state index contributed by atoms with van der Waals surface area (Å²) < 4.78 is 0.715. The van der Waals surface area contributed by atoms with Crippen LogP contribution in [0.25, 0.3) is 0 Å². The first kappa shape index (κ1) is 7.50. The average molecular weight is 175 g/mol. The lowest BCUT2D eigenvalue weighted by atomic mass is 10.4. The molecule has 0 saturated heterocycles. The van der Waals surface area contributed by atoms with Gasteiger partial charge in [0.1, 0.15) is 5.76 Å². The van der Waals surface area contributed by atoms with Crippen LogP contribution < -0.4 is 0 Å². The molecule has 0 amide bonds. The summed E-state index contributed by atoms with van der Waals surface area (Å²) in [5.41, 5.74) is 0. The summed E-state index contributed by atoms with van der Waals surface area (Å²) in [6, 6.07) is 0. The van der Waals surface area contributed by atoms with Crippen LogP contribution in [0.3, 0.4) is 0 Å². The second kappa shape index (κ2) is 3.50. The summed E-state index contributed by atoms with van der Waals surface area (Å²) in [7, 11) is 0. The van der Waals surface area contributed by atoms with Crippen molar-refractivity contribution < 1.29 is 5.11 Å². The van der Waals surface area contributed by atoms with Crippen molar-refractivity contribution in [2.24, 2.45) is 0 Å². The largest absolute Gasteiger partial charge is 0.509 e. The Kier molecular flexibility index (Phi) is 3.28. The minimum absolute atomic E-state index is 0.0330. The summed E-state index contributed by atoms with van der Waals surface area (Å²) in [6.07, 6.45) is 3.07. The van der Waals surface area contributed by atoms with Gasteiger partial charge in [0.25, 0.3) is 0 Å². The van der Waals surface area contributed by atoms with E-state index in [2.05, 4.69) is 29.1 Å². The highest BCUT2D eigenvalue weighted by Crippen LogP contribution is 2.02. The topological polar surface area (TPSA) is 20.2 Å². The molecule has 0 unspecified atom stereocenters. The first-order valence-corrected chi connectivity index (χ1v) is 2.82. The first-order chi connectivity index (χ1) is 3.63. The fourth-order valence-corrected chi connectivity index (χ4v) is 0.319. The minimum Gasteiger partial charge on any atom is -0.509 e. The molecule has 0 aromatic carbocycles. The second-order valence-electron chi connectivity index (χ2n) is 1.27. The summed E-state index contributed by atoms with van der Waals surface area (Å²) in [5, 5.41) is 8.46. The van der Waals surface area contributed by atoms with Gasteiger partial charge in [-0.2, -0.15) is 0 Å². The van der Waals surface area contributed by atoms with Crippen molar-refractivity contribution in [2.45, 2.75) is 0 Å². The minimum atomic E-state index is 0.0330. The van der Waals surface area contributed by atoms with E-state index in [-0.39, 0.29) is 5.76 Å². The molecule has 0 spiro atoms. The van der Waals surface area contributed by atoms with Gasteiger partial charge in [-0.15, -0.1) is 0 Å². The van der Waals surface area contributed by atoms with Gasteiger partial charge in [-0.05, 0) is 12.2 Å². The van der Waals surface area contributed by atoms with Gasteiger partial charge in [0.15, 0.2) is 0 Å². The van der Waals surface area contributed by atoms with Gasteiger partial charge in [-0.3, -0.25) is 0 Å². The van der Waals surface area contributed by atoms with Gasteiger partial charge >= 0.3 is 0 Å². The molecule has 0 aliphatic heterocycles. The van der Waals surface area contributed by atoms with Crippen molar-refractivity contribution >= 4 is 15.9 Å². The summed E-state index contributed by atoms with van der Waals surface area (Å²) >= 11 is 3.07. The molecule has 0 bridgehead atoms. The van der Waals surface area contributed by atoms with E-state index in [1.54, 1.807) is 6.08 Å². The maximum Gasteiger partial charge on any atom is 0.108 e. The van der Waals surface area contributed by atoms with Crippen molar-refractivity contribution in [1.29, 1.82) is 0 Å². The van der Waals surface area contributed by atoms with Crippen LogP contribution >= 0.6 is 15.9 Å². The molecule has 0 aromatic rings. The fourth-order valence-electron chi connectivity index (χ4n) is 0.187. The SMILES string of the molecule is C=C(O)/C=C\C(=C)Br. The van der Waals surface area contributed by atoms with E-state index < -0.39 is 0 Å². The zero-order valence-electron chi connectivity index (χ0n) is 4.39. The van der Waals surface area contributed by atoms with Crippen molar-refractivity contribution in [3.05, 3.63) is 35.6 Å². The zero-order valence-corrected chi connectivity index (χ0v) is 5.98. The van der Waals surface area contributed by atoms with Gasteiger partial charge in [0.2, 0.25) is 0 Å². The Balaban J connectivity index is 3.67. The highest BCUT2D eigenvalue weighted by Gasteiger charge is 1.76. The molecule has 2 heteroatoms. The molecule has 0 aliphatic carbocycles. The first-order valence-electron chi connectivity index (χ1n) is 2.03. The third-order valence-electron chi connectivity index (χ3n) is 0.457. The highest BCUT2D eigenvalue weighted by atomic mass is 79.9. The van der Waals surface area contributed by atoms with Crippen LogP contribution in [0.5, 0.6) is 0 Å². The van der Waals surface area contributed by atoms with E-state index in [4.69, 9.17) is 5.11 Å². The number of aliphatic hydroxyl groups excluding tert-OH is 1. The van der Waals surface area contributed by atoms with Gasteiger partial charge in [-0.1, -0.05) is 29.1 Å². The number of hydrogen-bond donors (Lipinski definition) is 1. The molecule has 0 aromatic heterocycles. The Hall–Kier alpha value is -0.500. The Morgan fingerprint density at radius 1 is 1.38 bits per heavy atom. The lowest BCUT2D eigenvalue weighted by molar-refractivity contribution is 0.435. The molecule has 0 fully saturated rings. The maximum absolute atomic E-state index is 8.46. The lowest BCUT2D eigenvalue weighted by Crippen LogP contribution is -1.65. The van der Waals surface area contributed by atoms with Crippen LogP contribution in [0.4, 0.5) is 0 Å². The monoisotopic (exact) mass is 174 g/mol. The van der Waals surface area contributed by atoms with Gasteiger partial charge < -0.3 is 5.11 Å². The molecule has 0 rings (SSSR count). The maximum atomic E-state index is 8.46. The van der Waals surface area contributed by atoms with Crippen LogP contribution in [0.2, 0.25) is 0 Å². The molecule has 1 N–H and O–H groups in total. The van der Waals surface area contributed by atoms with Crippen molar-refractivity contribution in [1.82, 2.24) is 0 Å². The predicted octanol–water partition coefficient (Wildman–Crippen LogP) is 2.52. The quantitative estimate of drug-likeness (QED) is 0.505. The van der Waals surface area contributed by atoms with E-state index in [0.717, 1.165) is 0 Å². The zero-order chi connectivity index (χ0) is 6.57. The van der Waals surface area contributed by atoms with Gasteiger partial charge in [-0.25, -0.2) is 0 Å². The number of aliphatic hydroxyl groups is 1. The average Bonchev–Trinajstić information content (AvgIpc) is 1.61. The molecule has 44 valence electrons. The standard InChI is InChI=1S/C6H7BrO/c1-5(7)3-4-6(2)8/h3-4,8H,1-2H2/b4-3-. The molecule has 0 aliphatic rings. The Morgan fingerprint density at radius 2 is 1.88 bits per heavy atom. The normalized spacial score (nSPS) is 9.62. The Morgan fingerprint density at radius 3 is 2.00 bits per heavy atom. The molecule has 1 nitrogen and oxygen atoms in total. The third kappa shape index (κ3) is 5.50. The van der Waals surface area contributed by atoms with Crippen molar-refractivity contribution in [3.63, 3.8) is 0 Å². The predicted molar refractivity (Wildman–Crippen MR) is 39.0 cm³/mol. The van der Waals surface area contributed by atoms with Crippen LogP contribution in [0, 0.1) is 0 Å². The molecular weight excluding hydrogens is 168 g/mol. The smallest absolute Gasteiger partial charge is 0.108 e. The number of allylic oxidation sites excluding steroid dienone is 3. The van der Waals surface area contributed by atoms with Crippen molar-refractivity contribution in [3.8, 4) is 0 Å². The third-order valence-corrected chi connectivity index (χ3v) is 0.721. The molecule has 8 heavy (non-hydrogen) atoms. The second-order valence-corrected chi connectivity index (χ2v) is 2.29. The van der Waals surface area contributed by atoms with E-state index >= 15 is 0 Å². The fraction of sp³-hybridized carbons (Fsp3) is 0. The van der Waals surface area contributed by atoms with Gasteiger partial charge in [0.05, 0.1) is 0 Å². The van der Waals surface area contributed by atoms with Crippen LogP contribution in [0.15, 0.2) is 35.6 Å². The van der Waals surface area contributed by atoms with E-state index in [9.17, 15) is 0 Å². The Labute approximate surface area is 57.2 Å².